The minimum atomic E-state index is 0.220. The van der Waals surface area contributed by atoms with Crippen LogP contribution in [0.3, 0.4) is 0 Å². The minimum absolute atomic E-state index is 0.220. The second kappa shape index (κ2) is 6.35. The van der Waals surface area contributed by atoms with E-state index in [1.54, 1.807) is 6.20 Å². The van der Waals surface area contributed by atoms with Crippen LogP contribution in [0, 0.1) is 0 Å². The van der Waals surface area contributed by atoms with Gasteiger partial charge in [0.1, 0.15) is 0 Å². The maximum Gasteiger partial charge on any atom is 0.227 e. The SMILES string of the molecule is O=C1CCCCN1Cc1ccnc(Nc2ccccc2)n1. The zero-order valence-electron chi connectivity index (χ0n) is 11.8. The van der Waals surface area contributed by atoms with Crippen molar-refractivity contribution in [1.29, 1.82) is 0 Å². The van der Waals surface area contributed by atoms with E-state index >= 15 is 0 Å². The van der Waals surface area contributed by atoms with Gasteiger partial charge in [-0.3, -0.25) is 4.79 Å². The number of likely N-dealkylation sites (tertiary alicyclic amines) is 1. The van der Waals surface area contributed by atoms with Crippen molar-refractivity contribution in [2.45, 2.75) is 25.8 Å². The van der Waals surface area contributed by atoms with Gasteiger partial charge in [-0.05, 0) is 31.0 Å². The predicted molar refractivity (Wildman–Crippen MR) is 81.0 cm³/mol. The molecule has 2 heterocycles. The highest BCUT2D eigenvalue weighted by molar-refractivity contribution is 5.76. The molecule has 21 heavy (non-hydrogen) atoms. The first-order valence-corrected chi connectivity index (χ1v) is 7.23. The standard InChI is InChI=1S/C16H18N4O/c21-15-8-4-5-11-20(15)12-14-9-10-17-16(19-14)18-13-6-2-1-3-7-13/h1-3,6-7,9-10H,4-5,8,11-12H2,(H,17,18,19). The molecule has 1 amide bonds. The molecule has 5 heteroatoms. The summed E-state index contributed by atoms with van der Waals surface area (Å²) >= 11 is 0. The molecule has 1 aliphatic heterocycles. The molecule has 1 fully saturated rings. The quantitative estimate of drug-likeness (QED) is 0.936. The summed E-state index contributed by atoms with van der Waals surface area (Å²) in [6.45, 7) is 1.38. The van der Waals surface area contributed by atoms with Gasteiger partial charge in [-0.1, -0.05) is 18.2 Å². The Kier molecular flexibility index (Phi) is 4.09. The lowest BCUT2D eigenvalue weighted by atomic mass is 10.1. The molecule has 0 saturated carbocycles. The van der Waals surface area contributed by atoms with Crippen LogP contribution in [0.1, 0.15) is 25.0 Å². The summed E-state index contributed by atoms with van der Waals surface area (Å²) < 4.78 is 0. The first-order valence-electron chi connectivity index (χ1n) is 7.23. The van der Waals surface area contributed by atoms with Crippen LogP contribution in [0.2, 0.25) is 0 Å². The number of nitrogens with zero attached hydrogens (tertiary/aromatic N) is 3. The van der Waals surface area contributed by atoms with Crippen LogP contribution in [-0.2, 0) is 11.3 Å². The Bertz CT molecular complexity index is 615. The highest BCUT2D eigenvalue weighted by atomic mass is 16.2. The van der Waals surface area contributed by atoms with Crippen LogP contribution in [0.4, 0.5) is 11.6 Å². The molecule has 108 valence electrons. The highest BCUT2D eigenvalue weighted by Gasteiger charge is 2.18. The van der Waals surface area contributed by atoms with Crippen LogP contribution in [-0.4, -0.2) is 27.3 Å². The number of para-hydroxylation sites is 1. The van der Waals surface area contributed by atoms with Crippen molar-refractivity contribution in [2.24, 2.45) is 0 Å². The van der Waals surface area contributed by atoms with E-state index in [-0.39, 0.29) is 5.91 Å². The van der Waals surface area contributed by atoms with E-state index in [0.29, 0.717) is 18.9 Å². The topological polar surface area (TPSA) is 58.1 Å². The van der Waals surface area contributed by atoms with Crippen molar-refractivity contribution in [1.82, 2.24) is 14.9 Å². The van der Waals surface area contributed by atoms with Gasteiger partial charge >= 0.3 is 0 Å². The fraction of sp³-hybridized carbons (Fsp3) is 0.312. The lowest BCUT2D eigenvalue weighted by Crippen LogP contribution is -2.34. The number of benzene rings is 1. The molecule has 0 atom stereocenters. The molecule has 5 nitrogen and oxygen atoms in total. The number of anilines is 2. The fourth-order valence-electron chi connectivity index (χ4n) is 2.42. The largest absolute Gasteiger partial charge is 0.337 e. The molecule has 3 rings (SSSR count). The Morgan fingerprint density at radius 2 is 2.00 bits per heavy atom. The van der Waals surface area contributed by atoms with Crippen molar-refractivity contribution < 1.29 is 4.79 Å². The normalized spacial score (nSPS) is 15.0. The third-order valence-electron chi connectivity index (χ3n) is 3.52. The van der Waals surface area contributed by atoms with Gasteiger partial charge in [-0.15, -0.1) is 0 Å². The molecule has 0 unspecified atom stereocenters. The Hall–Kier alpha value is -2.43. The van der Waals surface area contributed by atoms with Crippen molar-refractivity contribution in [3.8, 4) is 0 Å². The number of nitrogens with one attached hydrogen (secondary N) is 1. The van der Waals surface area contributed by atoms with E-state index in [1.807, 2.05) is 41.3 Å². The van der Waals surface area contributed by atoms with Crippen molar-refractivity contribution >= 4 is 17.5 Å². The molecule has 1 saturated heterocycles. The number of carbonyl (C=O) groups excluding carboxylic acids is 1. The van der Waals surface area contributed by atoms with Crippen LogP contribution in [0.5, 0.6) is 0 Å². The molecular formula is C16H18N4O. The third-order valence-corrected chi connectivity index (χ3v) is 3.52. The average molecular weight is 282 g/mol. The Morgan fingerprint density at radius 1 is 1.14 bits per heavy atom. The number of rotatable bonds is 4. The van der Waals surface area contributed by atoms with Crippen molar-refractivity contribution in [3.63, 3.8) is 0 Å². The van der Waals surface area contributed by atoms with Gasteiger partial charge in [0, 0.05) is 24.8 Å². The summed E-state index contributed by atoms with van der Waals surface area (Å²) in [6.07, 6.45) is 4.45. The van der Waals surface area contributed by atoms with Gasteiger partial charge in [-0.2, -0.15) is 0 Å². The van der Waals surface area contributed by atoms with Gasteiger partial charge in [-0.25, -0.2) is 9.97 Å². The van der Waals surface area contributed by atoms with Gasteiger partial charge in [0.2, 0.25) is 11.9 Å². The summed E-state index contributed by atoms with van der Waals surface area (Å²) in [7, 11) is 0. The first kappa shape index (κ1) is 13.5. The minimum Gasteiger partial charge on any atom is -0.337 e. The second-order valence-corrected chi connectivity index (χ2v) is 5.14. The van der Waals surface area contributed by atoms with Gasteiger partial charge in [0.15, 0.2) is 0 Å². The lowest BCUT2D eigenvalue weighted by molar-refractivity contribution is -0.133. The lowest BCUT2D eigenvalue weighted by Gasteiger charge is -2.26. The van der Waals surface area contributed by atoms with E-state index in [1.165, 1.54) is 0 Å². The molecule has 0 radical (unpaired) electrons. The number of hydrogen-bond acceptors (Lipinski definition) is 4. The first-order chi connectivity index (χ1) is 10.3. The Labute approximate surface area is 124 Å². The van der Waals surface area contributed by atoms with E-state index in [2.05, 4.69) is 15.3 Å². The maximum atomic E-state index is 11.8. The molecule has 2 aromatic rings. The van der Waals surface area contributed by atoms with E-state index < -0.39 is 0 Å². The van der Waals surface area contributed by atoms with Crippen LogP contribution >= 0.6 is 0 Å². The Balaban J connectivity index is 1.69. The van der Waals surface area contributed by atoms with Gasteiger partial charge in [0.05, 0.1) is 12.2 Å². The van der Waals surface area contributed by atoms with Crippen LogP contribution in [0.25, 0.3) is 0 Å². The van der Waals surface area contributed by atoms with Crippen LogP contribution < -0.4 is 5.32 Å². The van der Waals surface area contributed by atoms with Gasteiger partial charge < -0.3 is 10.2 Å². The molecule has 0 bridgehead atoms. The van der Waals surface area contributed by atoms with E-state index in [0.717, 1.165) is 30.8 Å². The monoisotopic (exact) mass is 282 g/mol. The van der Waals surface area contributed by atoms with Crippen molar-refractivity contribution in [3.05, 3.63) is 48.3 Å². The van der Waals surface area contributed by atoms with Gasteiger partial charge in [0.25, 0.3) is 0 Å². The number of carbonyl (C=O) groups is 1. The summed E-state index contributed by atoms with van der Waals surface area (Å²) in [5.74, 6) is 0.778. The molecule has 0 spiro atoms. The molecule has 1 N–H and O–H groups in total. The predicted octanol–water partition coefficient (Wildman–Crippen LogP) is 2.73. The molecule has 0 aliphatic carbocycles. The Morgan fingerprint density at radius 3 is 2.81 bits per heavy atom. The van der Waals surface area contributed by atoms with Crippen molar-refractivity contribution in [2.75, 3.05) is 11.9 Å². The van der Waals surface area contributed by atoms with E-state index in [4.69, 9.17) is 0 Å². The summed E-state index contributed by atoms with van der Waals surface area (Å²) in [5, 5.41) is 3.17. The fourth-order valence-corrected chi connectivity index (χ4v) is 2.42. The number of hydrogen-bond donors (Lipinski definition) is 1. The van der Waals surface area contributed by atoms with E-state index in [9.17, 15) is 4.79 Å². The zero-order valence-corrected chi connectivity index (χ0v) is 11.8. The zero-order chi connectivity index (χ0) is 14.5. The summed E-state index contributed by atoms with van der Waals surface area (Å²) in [6, 6.07) is 11.7. The second-order valence-electron chi connectivity index (χ2n) is 5.14. The van der Waals surface area contributed by atoms with Crippen LogP contribution in [0.15, 0.2) is 42.6 Å². The highest BCUT2D eigenvalue weighted by Crippen LogP contribution is 2.15. The summed E-state index contributed by atoms with van der Waals surface area (Å²) in [4.78, 5) is 22.4. The summed E-state index contributed by atoms with van der Waals surface area (Å²) in [5.41, 5.74) is 1.81. The number of aromatic nitrogens is 2. The molecule has 1 aromatic heterocycles. The third kappa shape index (κ3) is 3.56. The molecule has 1 aromatic carbocycles. The molecular weight excluding hydrogens is 264 g/mol. The maximum absolute atomic E-state index is 11.8. The molecule has 1 aliphatic rings. The average Bonchev–Trinajstić information content (AvgIpc) is 2.51. The number of amides is 1. The smallest absolute Gasteiger partial charge is 0.227 e. The number of piperidine rings is 1.